The summed E-state index contributed by atoms with van der Waals surface area (Å²) in [4.78, 5) is 30.1. The van der Waals surface area contributed by atoms with Gasteiger partial charge in [-0.2, -0.15) is 13.2 Å². The lowest BCUT2D eigenvalue weighted by Gasteiger charge is -2.16. The van der Waals surface area contributed by atoms with Gasteiger partial charge in [0.2, 0.25) is 0 Å². The van der Waals surface area contributed by atoms with Crippen molar-refractivity contribution in [3.05, 3.63) is 64.8 Å². The van der Waals surface area contributed by atoms with Gasteiger partial charge >= 0.3 is 12.1 Å². The van der Waals surface area contributed by atoms with E-state index in [1.54, 1.807) is 18.2 Å². The number of esters is 1. The normalized spacial score (nSPS) is 12.9. The number of nitrogens with zero attached hydrogens (tertiary/aromatic N) is 1. The number of aryl methyl sites for hydroxylation is 1. The molecule has 10 heteroatoms. The Morgan fingerprint density at radius 1 is 1.09 bits per heavy atom. The second kappa shape index (κ2) is 10.3. The largest absolute Gasteiger partial charge is 0.489 e. The van der Waals surface area contributed by atoms with Gasteiger partial charge in [0.15, 0.2) is 6.61 Å². The summed E-state index contributed by atoms with van der Waals surface area (Å²) in [6.07, 6.45) is -2.32. The summed E-state index contributed by atoms with van der Waals surface area (Å²) in [7, 11) is 1.45. The Kier molecular flexibility index (Phi) is 7.20. The molecule has 1 aromatic heterocycles. The number of amides is 1. The van der Waals surface area contributed by atoms with Gasteiger partial charge in [0.1, 0.15) is 12.4 Å². The standard InChI is InChI=1S/C25H23F3N2O5/c1-33-11-12-34-21-10-9-15(25(26,27)28)13-20(21)30-22(31)14-35-24(32)23-16-5-2-3-7-18(16)29-19-8-4-6-17(19)23/h2-3,5,7,9-10,13H,4,6,8,11-12,14H2,1H3,(H,30,31). The average molecular weight is 488 g/mol. The Labute approximate surface area is 199 Å². The number of carbonyl (C=O) groups excluding carboxylic acids is 2. The zero-order valence-corrected chi connectivity index (χ0v) is 18.9. The second-order valence-corrected chi connectivity index (χ2v) is 7.96. The molecule has 0 saturated heterocycles. The lowest BCUT2D eigenvalue weighted by Crippen LogP contribution is -2.22. The van der Waals surface area contributed by atoms with Crippen molar-refractivity contribution in [2.75, 3.05) is 32.2 Å². The topological polar surface area (TPSA) is 86.8 Å². The molecule has 1 amide bonds. The molecule has 3 aromatic rings. The van der Waals surface area contributed by atoms with Crippen LogP contribution in [0.25, 0.3) is 10.9 Å². The summed E-state index contributed by atoms with van der Waals surface area (Å²) in [5, 5.41) is 2.98. The highest BCUT2D eigenvalue weighted by Crippen LogP contribution is 2.35. The van der Waals surface area contributed by atoms with E-state index in [0.717, 1.165) is 42.3 Å². The first-order valence-electron chi connectivity index (χ1n) is 11.0. The monoisotopic (exact) mass is 488 g/mol. The molecule has 1 aliphatic rings. The minimum atomic E-state index is -4.61. The number of methoxy groups -OCH3 is 1. The predicted octanol–water partition coefficient (Wildman–Crippen LogP) is 4.56. The highest BCUT2D eigenvalue weighted by molar-refractivity contribution is 6.06. The zero-order chi connectivity index (χ0) is 25.0. The molecule has 0 unspecified atom stereocenters. The number of alkyl halides is 3. The van der Waals surface area contributed by atoms with Crippen LogP contribution in [0.3, 0.4) is 0 Å². The van der Waals surface area contributed by atoms with Crippen molar-refractivity contribution < 1.29 is 37.0 Å². The minimum Gasteiger partial charge on any atom is -0.489 e. The SMILES string of the molecule is COCCOc1ccc(C(F)(F)F)cc1NC(=O)COC(=O)c1c2c(nc3ccccc13)CCC2. The molecule has 4 rings (SSSR count). The van der Waals surface area contributed by atoms with Crippen LogP contribution in [-0.4, -0.2) is 43.8 Å². The maximum absolute atomic E-state index is 13.2. The van der Waals surface area contributed by atoms with Gasteiger partial charge < -0.3 is 19.5 Å². The van der Waals surface area contributed by atoms with E-state index in [4.69, 9.17) is 14.2 Å². The van der Waals surface area contributed by atoms with Crippen LogP contribution in [-0.2, 0) is 33.3 Å². The van der Waals surface area contributed by atoms with Crippen LogP contribution in [0.5, 0.6) is 5.75 Å². The molecule has 35 heavy (non-hydrogen) atoms. The summed E-state index contributed by atoms with van der Waals surface area (Å²) in [5.41, 5.74) is 1.53. The number of rotatable bonds is 8. The Morgan fingerprint density at radius 3 is 2.66 bits per heavy atom. The number of hydrogen-bond donors (Lipinski definition) is 1. The van der Waals surface area contributed by atoms with Crippen molar-refractivity contribution >= 4 is 28.5 Å². The molecule has 7 nitrogen and oxygen atoms in total. The summed E-state index contributed by atoms with van der Waals surface area (Å²) in [6.45, 7) is -0.409. The quantitative estimate of drug-likeness (QED) is 0.370. The van der Waals surface area contributed by atoms with Gasteiger partial charge in [0, 0.05) is 18.2 Å². The Hall–Kier alpha value is -3.66. The molecule has 0 bridgehead atoms. The van der Waals surface area contributed by atoms with E-state index in [-0.39, 0.29) is 24.7 Å². The van der Waals surface area contributed by atoms with E-state index in [1.807, 2.05) is 6.07 Å². The smallest absolute Gasteiger partial charge is 0.416 e. The van der Waals surface area contributed by atoms with Gasteiger partial charge in [-0.15, -0.1) is 0 Å². The molecule has 184 valence electrons. The molecule has 0 atom stereocenters. The number of benzene rings is 2. The lowest BCUT2D eigenvalue weighted by atomic mass is 10.0. The number of aromatic nitrogens is 1. The number of halogens is 3. The zero-order valence-electron chi connectivity index (χ0n) is 18.9. The lowest BCUT2D eigenvalue weighted by molar-refractivity contribution is -0.137. The highest BCUT2D eigenvalue weighted by Gasteiger charge is 2.31. The van der Waals surface area contributed by atoms with Gasteiger partial charge in [0.05, 0.1) is 28.9 Å². The van der Waals surface area contributed by atoms with Crippen molar-refractivity contribution in [3.8, 4) is 5.75 Å². The van der Waals surface area contributed by atoms with E-state index >= 15 is 0 Å². The van der Waals surface area contributed by atoms with Gasteiger partial charge in [-0.1, -0.05) is 18.2 Å². The third kappa shape index (κ3) is 5.54. The number of ether oxygens (including phenoxy) is 3. The molecule has 0 fully saturated rings. The van der Waals surface area contributed by atoms with Crippen LogP contribution in [0.2, 0.25) is 0 Å². The fourth-order valence-electron chi connectivity index (χ4n) is 4.00. The third-order valence-corrected chi connectivity index (χ3v) is 5.58. The summed E-state index contributed by atoms with van der Waals surface area (Å²) < 4.78 is 55.1. The van der Waals surface area contributed by atoms with Crippen molar-refractivity contribution in [2.24, 2.45) is 0 Å². The average Bonchev–Trinajstić information content (AvgIpc) is 3.29. The Morgan fingerprint density at radius 2 is 1.89 bits per heavy atom. The van der Waals surface area contributed by atoms with Crippen LogP contribution < -0.4 is 10.1 Å². The molecule has 0 saturated carbocycles. The number of carbonyl (C=O) groups is 2. The predicted molar refractivity (Wildman–Crippen MR) is 121 cm³/mol. The van der Waals surface area contributed by atoms with E-state index < -0.39 is 30.2 Å². The second-order valence-electron chi connectivity index (χ2n) is 7.96. The number of fused-ring (bicyclic) bond motifs is 2. The van der Waals surface area contributed by atoms with E-state index in [0.29, 0.717) is 22.9 Å². The molecular weight excluding hydrogens is 465 g/mol. The van der Waals surface area contributed by atoms with Crippen molar-refractivity contribution in [1.29, 1.82) is 0 Å². The fraction of sp³-hybridized carbons (Fsp3) is 0.320. The maximum Gasteiger partial charge on any atom is 0.416 e. The number of pyridine rings is 1. The van der Waals surface area contributed by atoms with Crippen molar-refractivity contribution in [3.63, 3.8) is 0 Å². The summed E-state index contributed by atoms with van der Waals surface area (Å²) in [6, 6.07) is 9.92. The van der Waals surface area contributed by atoms with Gasteiger partial charge in [0.25, 0.3) is 5.91 Å². The van der Waals surface area contributed by atoms with Crippen LogP contribution in [0, 0.1) is 0 Å². The van der Waals surface area contributed by atoms with Crippen LogP contribution in [0.1, 0.15) is 33.6 Å². The van der Waals surface area contributed by atoms with E-state index in [9.17, 15) is 22.8 Å². The number of nitrogens with one attached hydrogen (secondary N) is 1. The van der Waals surface area contributed by atoms with Gasteiger partial charge in [-0.3, -0.25) is 9.78 Å². The van der Waals surface area contributed by atoms with Crippen molar-refractivity contribution in [1.82, 2.24) is 4.98 Å². The molecule has 1 aliphatic carbocycles. The minimum absolute atomic E-state index is 0.0349. The fourth-order valence-corrected chi connectivity index (χ4v) is 4.00. The van der Waals surface area contributed by atoms with Crippen molar-refractivity contribution in [2.45, 2.75) is 25.4 Å². The third-order valence-electron chi connectivity index (χ3n) is 5.58. The maximum atomic E-state index is 13.2. The highest BCUT2D eigenvalue weighted by atomic mass is 19.4. The molecule has 0 aliphatic heterocycles. The molecule has 1 N–H and O–H groups in total. The first kappa shape index (κ1) is 24.5. The first-order valence-corrected chi connectivity index (χ1v) is 11.0. The number of hydrogen-bond acceptors (Lipinski definition) is 6. The molecule has 0 spiro atoms. The Bertz CT molecular complexity index is 1260. The van der Waals surface area contributed by atoms with Crippen LogP contribution in [0.15, 0.2) is 42.5 Å². The van der Waals surface area contributed by atoms with Gasteiger partial charge in [-0.05, 0) is 49.1 Å². The molecular formula is C25H23F3N2O5. The first-order chi connectivity index (χ1) is 16.8. The van der Waals surface area contributed by atoms with E-state index in [1.165, 1.54) is 7.11 Å². The molecule has 2 aromatic carbocycles. The number of anilines is 1. The van der Waals surface area contributed by atoms with Gasteiger partial charge in [-0.25, -0.2) is 4.79 Å². The Balaban J connectivity index is 1.50. The van der Waals surface area contributed by atoms with Crippen LogP contribution >= 0.6 is 0 Å². The van der Waals surface area contributed by atoms with Crippen LogP contribution in [0.4, 0.5) is 18.9 Å². The summed E-state index contributed by atoms with van der Waals surface area (Å²) >= 11 is 0. The summed E-state index contributed by atoms with van der Waals surface area (Å²) in [5.74, 6) is -1.45. The number of para-hydroxylation sites is 1. The molecule has 0 radical (unpaired) electrons. The van der Waals surface area contributed by atoms with E-state index in [2.05, 4.69) is 10.3 Å². The molecule has 1 heterocycles.